The average molecular weight is 433 g/mol. The van der Waals surface area contributed by atoms with Gasteiger partial charge in [-0.1, -0.05) is 15.9 Å². The molecule has 0 amide bonds. The summed E-state index contributed by atoms with van der Waals surface area (Å²) in [6.45, 7) is 1.39. The Morgan fingerprint density at radius 2 is 1.86 bits per heavy atom. The summed E-state index contributed by atoms with van der Waals surface area (Å²) in [6, 6.07) is 6.24. The number of fused-ring (bicyclic) bond motifs is 1. The fourth-order valence-corrected chi connectivity index (χ4v) is 4.64. The molecule has 0 saturated heterocycles. The first-order valence-electron chi connectivity index (χ1n) is 6.70. The van der Waals surface area contributed by atoms with E-state index in [-0.39, 0.29) is 6.04 Å². The molecule has 6 heteroatoms. The predicted molar refractivity (Wildman–Crippen MR) is 92.7 cm³/mol. The minimum atomic E-state index is 0.103. The van der Waals surface area contributed by atoms with Crippen molar-refractivity contribution in [3.63, 3.8) is 0 Å². The second-order valence-corrected chi connectivity index (χ2v) is 7.38. The third-order valence-corrected chi connectivity index (χ3v) is 6.00. The molecule has 2 aromatic rings. The molecule has 1 atom stereocenters. The summed E-state index contributed by atoms with van der Waals surface area (Å²) < 4.78 is 13.7. The number of halogens is 2. The van der Waals surface area contributed by atoms with Crippen LogP contribution in [0.3, 0.4) is 0 Å². The zero-order valence-electron chi connectivity index (χ0n) is 11.5. The summed E-state index contributed by atoms with van der Waals surface area (Å²) in [4.78, 5) is 1.24. The molecule has 0 fully saturated rings. The topological polar surface area (TPSA) is 30.5 Å². The van der Waals surface area contributed by atoms with Gasteiger partial charge in [-0.15, -0.1) is 11.3 Å². The SMILES string of the molecule is CNC(c1cc2c(cc1Br)OCCCO2)c1sccc1Br. The molecule has 3 rings (SSSR count). The average Bonchev–Trinajstić information content (AvgIpc) is 2.76. The number of hydrogen-bond donors (Lipinski definition) is 1. The first-order chi connectivity index (χ1) is 10.2. The van der Waals surface area contributed by atoms with Gasteiger partial charge in [-0.05, 0) is 52.1 Å². The van der Waals surface area contributed by atoms with Gasteiger partial charge in [0.05, 0.1) is 19.3 Å². The molecular weight excluding hydrogens is 418 g/mol. The molecule has 0 bridgehead atoms. The van der Waals surface area contributed by atoms with E-state index in [0.717, 1.165) is 32.4 Å². The number of hydrogen-bond acceptors (Lipinski definition) is 4. The van der Waals surface area contributed by atoms with Crippen LogP contribution in [0.2, 0.25) is 0 Å². The second-order valence-electron chi connectivity index (χ2n) is 4.73. The molecule has 0 saturated carbocycles. The smallest absolute Gasteiger partial charge is 0.162 e. The number of nitrogens with one attached hydrogen (secondary N) is 1. The molecule has 1 N–H and O–H groups in total. The normalized spacial score (nSPS) is 15.6. The molecule has 3 nitrogen and oxygen atoms in total. The zero-order valence-corrected chi connectivity index (χ0v) is 15.5. The van der Waals surface area contributed by atoms with Gasteiger partial charge in [0.1, 0.15) is 0 Å². The van der Waals surface area contributed by atoms with Gasteiger partial charge in [-0.2, -0.15) is 0 Å². The highest BCUT2D eigenvalue weighted by molar-refractivity contribution is 9.10. The van der Waals surface area contributed by atoms with Crippen LogP contribution in [-0.2, 0) is 0 Å². The van der Waals surface area contributed by atoms with E-state index in [1.54, 1.807) is 11.3 Å². The van der Waals surface area contributed by atoms with Gasteiger partial charge in [-0.25, -0.2) is 0 Å². The van der Waals surface area contributed by atoms with Crippen molar-refractivity contribution in [1.82, 2.24) is 5.32 Å². The molecule has 1 unspecified atom stereocenters. The van der Waals surface area contributed by atoms with Crippen LogP contribution in [0.15, 0.2) is 32.5 Å². The Balaban J connectivity index is 2.04. The Morgan fingerprint density at radius 3 is 2.48 bits per heavy atom. The number of thiophene rings is 1. The van der Waals surface area contributed by atoms with E-state index in [1.807, 2.05) is 13.1 Å². The lowest BCUT2D eigenvalue weighted by molar-refractivity contribution is 0.297. The molecule has 2 heterocycles. The summed E-state index contributed by atoms with van der Waals surface area (Å²) >= 11 is 9.01. The molecule has 1 aromatic heterocycles. The summed E-state index contributed by atoms with van der Waals surface area (Å²) in [5, 5.41) is 5.46. The molecule has 0 radical (unpaired) electrons. The van der Waals surface area contributed by atoms with Gasteiger partial charge < -0.3 is 14.8 Å². The number of benzene rings is 1. The quantitative estimate of drug-likeness (QED) is 0.759. The maximum atomic E-state index is 5.80. The first-order valence-corrected chi connectivity index (χ1v) is 9.16. The highest BCUT2D eigenvalue weighted by Crippen LogP contribution is 2.41. The predicted octanol–water partition coefficient (Wildman–Crippen LogP) is 4.74. The van der Waals surface area contributed by atoms with Crippen LogP contribution in [0.4, 0.5) is 0 Å². The van der Waals surface area contributed by atoms with Crippen LogP contribution in [0, 0.1) is 0 Å². The van der Waals surface area contributed by atoms with Crippen molar-refractivity contribution >= 4 is 43.2 Å². The standard InChI is InChI=1S/C15H15Br2NO2S/c1-18-14(15-10(16)3-6-21-15)9-7-12-13(8-11(9)17)20-5-2-4-19-12/h3,6-8,14,18H,2,4-5H2,1H3. The van der Waals surface area contributed by atoms with Crippen LogP contribution >= 0.6 is 43.2 Å². The van der Waals surface area contributed by atoms with E-state index >= 15 is 0 Å². The molecule has 21 heavy (non-hydrogen) atoms. The van der Waals surface area contributed by atoms with E-state index in [9.17, 15) is 0 Å². The van der Waals surface area contributed by atoms with E-state index in [4.69, 9.17) is 9.47 Å². The van der Waals surface area contributed by atoms with Gasteiger partial charge >= 0.3 is 0 Å². The Hall–Kier alpha value is -0.560. The monoisotopic (exact) mass is 431 g/mol. The minimum absolute atomic E-state index is 0.103. The van der Waals surface area contributed by atoms with Gasteiger partial charge in [0.2, 0.25) is 0 Å². The summed E-state index contributed by atoms with van der Waals surface area (Å²) in [5.41, 5.74) is 1.14. The Morgan fingerprint density at radius 1 is 1.14 bits per heavy atom. The molecule has 1 aliphatic rings. The largest absolute Gasteiger partial charge is 0.490 e. The van der Waals surface area contributed by atoms with E-state index < -0.39 is 0 Å². The number of ether oxygens (including phenoxy) is 2. The third-order valence-electron chi connectivity index (χ3n) is 3.37. The van der Waals surface area contributed by atoms with Gasteiger partial charge in [0, 0.05) is 20.2 Å². The highest BCUT2D eigenvalue weighted by Gasteiger charge is 2.22. The maximum Gasteiger partial charge on any atom is 0.162 e. The van der Waals surface area contributed by atoms with Crippen molar-refractivity contribution in [1.29, 1.82) is 0 Å². The van der Waals surface area contributed by atoms with Crippen molar-refractivity contribution in [2.45, 2.75) is 12.5 Å². The highest BCUT2D eigenvalue weighted by atomic mass is 79.9. The molecule has 1 aromatic carbocycles. The fraction of sp³-hybridized carbons (Fsp3) is 0.333. The second kappa shape index (κ2) is 6.69. The maximum absolute atomic E-state index is 5.80. The minimum Gasteiger partial charge on any atom is -0.490 e. The summed E-state index contributed by atoms with van der Waals surface area (Å²) in [7, 11) is 1.96. The van der Waals surface area contributed by atoms with Crippen molar-refractivity contribution in [2.75, 3.05) is 20.3 Å². The van der Waals surface area contributed by atoms with Crippen LogP contribution in [0.5, 0.6) is 11.5 Å². The fourth-order valence-electron chi connectivity index (χ4n) is 2.36. The third kappa shape index (κ3) is 3.13. The van der Waals surface area contributed by atoms with Gasteiger partial charge in [-0.3, -0.25) is 0 Å². The molecule has 0 spiro atoms. The number of rotatable bonds is 3. The van der Waals surface area contributed by atoms with Crippen molar-refractivity contribution < 1.29 is 9.47 Å². The first kappa shape index (κ1) is 15.3. The van der Waals surface area contributed by atoms with E-state index in [0.29, 0.717) is 13.2 Å². The molecule has 0 aliphatic carbocycles. The van der Waals surface area contributed by atoms with E-state index in [2.05, 4.69) is 54.7 Å². The van der Waals surface area contributed by atoms with Crippen LogP contribution < -0.4 is 14.8 Å². The lowest BCUT2D eigenvalue weighted by Gasteiger charge is -2.19. The van der Waals surface area contributed by atoms with Gasteiger partial charge in [0.15, 0.2) is 11.5 Å². The Kier molecular flexibility index (Phi) is 4.88. The van der Waals surface area contributed by atoms with Gasteiger partial charge in [0.25, 0.3) is 0 Å². The van der Waals surface area contributed by atoms with Crippen LogP contribution in [0.25, 0.3) is 0 Å². The zero-order chi connectivity index (χ0) is 14.8. The van der Waals surface area contributed by atoms with Crippen LogP contribution in [-0.4, -0.2) is 20.3 Å². The summed E-state index contributed by atoms with van der Waals surface area (Å²) in [5.74, 6) is 1.63. The summed E-state index contributed by atoms with van der Waals surface area (Å²) in [6.07, 6.45) is 0.910. The van der Waals surface area contributed by atoms with E-state index in [1.165, 1.54) is 4.88 Å². The molecular formula is C15H15Br2NO2S. The molecule has 1 aliphatic heterocycles. The van der Waals surface area contributed by atoms with Crippen molar-refractivity contribution in [3.05, 3.63) is 43.0 Å². The lowest BCUT2D eigenvalue weighted by atomic mass is 10.0. The van der Waals surface area contributed by atoms with Crippen molar-refractivity contribution in [3.8, 4) is 11.5 Å². The van der Waals surface area contributed by atoms with Crippen molar-refractivity contribution in [2.24, 2.45) is 0 Å². The Labute approximate surface area is 144 Å². The lowest BCUT2D eigenvalue weighted by Crippen LogP contribution is -2.17. The molecule has 112 valence electrons. The van der Waals surface area contributed by atoms with Crippen LogP contribution in [0.1, 0.15) is 22.9 Å². The Bertz CT molecular complexity index is 645.